The minimum atomic E-state index is -0.333. The predicted octanol–water partition coefficient (Wildman–Crippen LogP) is -0.709. The van der Waals surface area contributed by atoms with Crippen molar-refractivity contribution >= 4 is 5.96 Å². The average Bonchev–Trinajstić information content (AvgIpc) is 1.99. The minimum absolute atomic E-state index is 0.333. The molecule has 0 amide bonds. The topological polar surface area (TPSA) is 70.6 Å². The second-order valence-corrected chi connectivity index (χ2v) is 2.05. The molecule has 0 aliphatic rings. The molecule has 1 atom stereocenters. The van der Waals surface area contributed by atoms with Crippen LogP contribution in [0.3, 0.4) is 0 Å². The van der Waals surface area contributed by atoms with Crippen molar-refractivity contribution in [3.05, 3.63) is 0 Å². The van der Waals surface area contributed by atoms with Crippen molar-refractivity contribution in [2.24, 2.45) is 10.7 Å². The van der Waals surface area contributed by atoms with Crippen molar-refractivity contribution in [3.8, 4) is 0 Å². The van der Waals surface area contributed by atoms with Crippen LogP contribution in [0.25, 0.3) is 0 Å². The zero-order valence-electron chi connectivity index (χ0n) is 6.46. The van der Waals surface area contributed by atoms with Gasteiger partial charge in [0.15, 0.2) is 5.96 Å². The number of hydrogen-bond donors (Lipinski definition) is 3. The van der Waals surface area contributed by atoms with Gasteiger partial charge >= 0.3 is 0 Å². The first kappa shape index (κ1) is 9.23. The summed E-state index contributed by atoms with van der Waals surface area (Å²) in [6.07, 6.45) is 0.393. The van der Waals surface area contributed by atoms with E-state index in [0.29, 0.717) is 12.5 Å². The molecule has 0 aromatic rings. The van der Waals surface area contributed by atoms with Crippen LogP contribution >= 0.6 is 0 Å². The van der Waals surface area contributed by atoms with E-state index in [1.54, 1.807) is 7.05 Å². The first-order valence-corrected chi connectivity index (χ1v) is 3.34. The van der Waals surface area contributed by atoms with Crippen LogP contribution in [0.1, 0.15) is 13.3 Å². The molecule has 10 heavy (non-hydrogen) atoms. The molecule has 0 aromatic carbocycles. The molecule has 4 nitrogen and oxygen atoms in total. The molecule has 1 unspecified atom stereocenters. The Morgan fingerprint density at radius 3 is 2.80 bits per heavy atom. The number of rotatable bonds is 3. The third-order valence-electron chi connectivity index (χ3n) is 1.23. The fourth-order valence-corrected chi connectivity index (χ4v) is 0.446. The summed E-state index contributed by atoms with van der Waals surface area (Å²) < 4.78 is 0. The van der Waals surface area contributed by atoms with E-state index in [1.165, 1.54) is 0 Å². The van der Waals surface area contributed by atoms with Crippen LogP contribution in [0.4, 0.5) is 0 Å². The van der Waals surface area contributed by atoms with Gasteiger partial charge in [-0.15, -0.1) is 0 Å². The Labute approximate surface area is 61.1 Å². The van der Waals surface area contributed by atoms with Crippen LogP contribution in [0.2, 0.25) is 0 Å². The predicted molar refractivity (Wildman–Crippen MR) is 41.8 cm³/mol. The van der Waals surface area contributed by atoms with E-state index < -0.39 is 0 Å². The molecular formula is C6H15N3O. The summed E-state index contributed by atoms with van der Waals surface area (Å²) in [4.78, 5) is 3.67. The zero-order valence-corrected chi connectivity index (χ0v) is 6.46. The summed E-state index contributed by atoms with van der Waals surface area (Å²) in [5.41, 5.74) is 5.30. The van der Waals surface area contributed by atoms with Gasteiger partial charge in [-0.25, -0.2) is 0 Å². The number of nitrogens with zero attached hydrogens (tertiary/aromatic N) is 1. The van der Waals surface area contributed by atoms with E-state index in [1.807, 2.05) is 6.92 Å². The Morgan fingerprint density at radius 1 is 1.80 bits per heavy atom. The molecule has 4 N–H and O–H groups in total. The number of aliphatic hydroxyl groups excluding tert-OH is 1. The van der Waals surface area contributed by atoms with Crippen LogP contribution in [0, 0.1) is 0 Å². The molecule has 0 heterocycles. The van der Waals surface area contributed by atoms with Crippen LogP contribution < -0.4 is 11.1 Å². The molecule has 0 saturated carbocycles. The second kappa shape index (κ2) is 5.05. The lowest BCUT2D eigenvalue weighted by molar-refractivity contribution is 0.173. The van der Waals surface area contributed by atoms with Crippen molar-refractivity contribution in [3.63, 3.8) is 0 Å². The highest BCUT2D eigenvalue weighted by molar-refractivity contribution is 5.77. The van der Waals surface area contributed by atoms with E-state index in [0.717, 1.165) is 6.42 Å². The van der Waals surface area contributed by atoms with Gasteiger partial charge in [-0.1, -0.05) is 6.92 Å². The lowest BCUT2D eigenvalue weighted by Gasteiger charge is -2.08. The SMILES string of the molecule is CCC(O)CNC(N)=NC. The molecular weight excluding hydrogens is 130 g/mol. The molecule has 0 saturated heterocycles. The molecule has 0 aromatic heterocycles. The largest absolute Gasteiger partial charge is 0.391 e. The van der Waals surface area contributed by atoms with E-state index in [4.69, 9.17) is 10.8 Å². The summed E-state index contributed by atoms with van der Waals surface area (Å²) >= 11 is 0. The standard InChI is InChI=1S/C6H15N3O/c1-3-5(10)4-9-6(7)8-2/h5,10H,3-4H2,1-2H3,(H3,7,8,9). The smallest absolute Gasteiger partial charge is 0.188 e. The summed E-state index contributed by atoms with van der Waals surface area (Å²) in [6, 6.07) is 0. The van der Waals surface area contributed by atoms with Gasteiger partial charge in [0.05, 0.1) is 6.10 Å². The van der Waals surface area contributed by atoms with Crippen LogP contribution in [-0.2, 0) is 0 Å². The number of nitrogens with one attached hydrogen (secondary N) is 1. The van der Waals surface area contributed by atoms with E-state index >= 15 is 0 Å². The fraction of sp³-hybridized carbons (Fsp3) is 0.833. The molecule has 0 fully saturated rings. The molecule has 0 aliphatic carbocycles. The van der Waals surface area contributed by atoms with E-state index in [-0.39, 0.29) is 6.10 Å². The first-order chi connectivity index (χ1) is 4.70. The van der Waals surface area contributed by atoms with Gasteiger partial charge in [0.2, 0.25) is 0 Å². The zero-order chi connectivity index (χ0) is 7.98. The fourth-order valence-electron chi connectivity index (χ4n) is 0.446. The van der Waals surface area contributed by atoms with E-state index in [9.17, 15) is 0 Å². The maximum Gasteiger partial charge on any atom is 0.188 e. The third-order valence-corrected chi connectivity index (χ3v) is 1.23. The van der Waals surface area contributed by atoms with Crippen LogP contribution in [0.15, 0.2) is 4.99 Å². The summed E-state index contributed by atoms with van der Waals surface area (Å²) in [5, 5.41) is 11.8. The van der Waals surface area contributed by atoms with Crippen molar-refractivity contribution < 1.29 is 5.11 Å². The quantitative estimate of drug-likeness (QED) is 0.363. The number of nitrogens with two attached hydrogens (primary N) is 1. The summed E-state index contributed by atoms with van der Waals surface area (Å²) in [7, 11) is 1.60. The maximum absolute atomic E-state index is 9.03. The minimum Gasteiger partial charge on any atom is -0.391 e. The molecule has 0 rings (SSSR count). The highest BCUT2D eigenvalue weighted by Crippen LogP contribution is 1.84. The number of guanidine groups is 1. The van der Waals surface area contributed by atoms with Crippen molar-refractivity contribution in [2.75, 3.05) is 13.6 Å². The Bertz CT molecular complexity index is 114. The summed E-state index contributed by atoms with van der Waals surface area (Å²) in [6.45, 7) is 2.38. The van der Waals surface area contributed by atoms with Crippen molar-refractivity contribution in [2.45, 2.75) is 19.4 Å². The number of aliphatic hydroxyl groups is 1. The molecule has 4 heteroatoms. The van der Waals surface area contributed by atoms with Crippen molar-refractivity contribution in [1.29, 1.82) is 0 Å². The lowest BCUT2D eigenvalue weighted by atomic mass is 10.3. The van der Waals surface area contributed by atoms with E-state index in [2.05, 4.69) is 10.3 Å². The second-order valence-electron chi connectivity index (χ2n) is 2.05. The van der Waals surface area contributed by atoms with Crippen molar-refractivity contribution in [1.82, 2.24) is 5.32 Å². The van der Waals surface area contributed by atoms with Gasteiger partial charge in [-0.05, 0) is 6.42 Å². The highest BCUT2D eigenvalue weighted by atomic mass is 16.3. The van der Waals surface area contributed by atoms with Gasteiger partial charge in [0.25, 0.3) is 0 Å². The normalized spacial score (nSPS) is 14.9. The third kappa shape index (κ3) is 4.14. The molecule has 0 aliphatic heterocycles. The summed E-state index contributed by atoms with van der Waals surface area (Å²) in [5.74, 6) is 0.368. The number of aliphatic imine (C=N–C) groups is 1. The highest BCUT2D eigenvalue weighted by Gasteiger charge is 1.98. The monoisotopic (exact) mass is 145 g/mol. The Hall–Kier alpha value is -0.770. The Kier molecular flexibility index (Phi) is 4.66. The van der Waals surface area contributed by atoms with Gasteiger partial charge in [0, 0.05) is 13.6 Å². The first-order valence-electron chi connectivity index (χ1n) is 3.34. The lowest BCUT2D eigenvalue weighted by Crippen LogP contribution is -2.36. The maximum atomic E-state index is 9.03. The molecule has 0 bridgehead atoms. The Morgan fingerprint density at radius 2 is 2.40 bits per heavy atom. The van der Waals surface area contributed by atoms with Gasteiger partial charge in [0.1, 0.15) is 0 Å². The molecule has 60 valence electrons. The number of hydrogen-bond acceptors (Lipinski definition) is 2. The Balaban J connectivity index is 3.35. The van der Waals surface area contributed by atoms with Crippen LogP contribution in [-0.4, -0.2) is 30.8 Å². The molecule has 0 radical (unpaired) electrons. The average molecular weight is 145 g/mol. The van der Waals surface area contributed by atoms with Gasteiger partial charge in [-0.3, -0.25) is 4.99 Å². The molecule has 0 spiro atoms. The van der Waals surface area contributed by atoms with Gasteiger partial charge in [-0.2, -0.15) is 0 Å². The van der Waals surface area contributed by atoms with Gasteiger partial charge < -0.3 is 16.2 Å². The van der Waals surface area contributed by atoms with Crippen LogP contribution in [0.5, 0.6) is 0 Å².